The normalized spacial score (nSPS) is 26.1. The maximum atomic E-state index is 13.0. The van der Waals surface area contributed by atoms with E-state index < -0.39 is 53.8 Å². The number of carbonyl (C=O) groups excluding carboxylic acids is 1. The van der Waals surface area contributed by atoms with Gasteiger partial charge in [-0.15, -0.1) is 0 Å². The standard InChI is InChI=1S/C15H11Cl3F3NO5/c16-5-1-4-7(2-6(5)17)22(13(18)9(4)12(26)15(19,20)21)14-11(25)10(24)8(3-23)27-14/h1-2,8,10-11,14,23-25H,3H2/t8-,10-,11-,14?/m1/s1. The number of carbonyl (C=O) groups is 1. The van der Waals surface area contributed by atoms with Gasteiger partial charge in [0.2, 0.25) is 0 Å². The molecule has 1 aliphatic rings. The summed E-state index contributed by atoms with van der Waals surface area (Å²) < 4.78 is 45.3. The van der Waals surface area contributed by atoms with Crippen LogP contribution in [0.2, 0.25) is 15.2 Å². The highest BCUT2D eigenvalue weighted by Crippen LogP contribution is 2.43. The van der Waals surface area contributed by atoms with Crippen LogP contribution < -0.4 is 0 Å². The molecule has 1 aromatic heterocycles. The first-order valence-corrected chi connectivity index (χ1v) is 8.54. The Morgan fingerprint density at radius 2 is 1.74 bits per heavy atom. The van der Waals surface area contributed by atoms with E-state index in [0.717, 1.165) is 16.7 Å². The number of ketones is 1. The van der Waals surface area contributed by atoms with Gasteiger partial charge in [-0.3, -0.25) is 4.79 Å². The lowest BCUT2D eigenvalue weighted by atomic mass is 10.1. The first kappa shape index (κ1) is 20.7. The van der Waals surface area contributed by atoms with Crippen molar-refractivity contribution in [2.45, 2.75) is 30.7 Å². The summed E-state index contributed by atoms with van der Waals surface area (Å²) >= 11 is 17.9. The summed E-state index contributed by atoms with van der Waals surface area (Å²) in [5.74, 6) is -2.22. The third kappa shape index (κ3) is 3.31. The van der Waals surface area contributed by atoms with Crippen molar-refractivity contribution in [1.29, 1.82) is 0 Å². The van der Waals surface area contributed by atoms with E-state index in [1.165, 1.54) is 0 Å². The van der Waals surface area contributed by atoms with Crippen LogP contribution in [0.3, 0.4) is 0 Å². The van der Waals surface area contributed by atoms with Gasteiger partial charge < -0.3 is 24.6 Å². The molecule has 0 bridgehead atoms. The van der Waals surface area contributed by atoms with Gasteiger partial charge in [-0.05, 0) is 12.1 Å². The highest BCUT2D eigenvalue weighted by atomic mass is 35.5. The van der Waals surface area contributed by atoms with E-state index in [4.69, 9.17) is 39.5 Å². The van der Waals surface area contributed by atoms with Crippen LogP contribution in [-0.2, 0) is 4.74 Å². The predicted octanol–water partition coefficient (Wildman–Crippen LogP) is 2.96. The van der Waals surface area contributed by atoms with E-state index in [-0.39, 0.29) is 20.9 Å². The van der Waals surface area contributed by atoms with Gasteiger partial charge in [-0.25, -0.2) is 0 Å². The topological polar surface area (TPSA) is 91.9 Å². The van der Waals surface area contributed by atoms with Crippen molar-refractivity contribution in [2.75, 3.05) is 6.61 Å². The van der Waals surface area contributed by atoms with E-state index in [9.17, 15) is 33.3 Å². The number of Topliss-reactive ketones (excluding diaryl/α,β-unsaturated/α-hetero) is 1. The molecule has 3 N–H and O–H groups in total. The zero-order valence-electron chi connectivity index (χ0n) is 13.0. The molecule has 2 aromatic rings. The molecular formula is C15H11Cl3F3NO5. The number of hydrogen-bond acceptors (Lipinski definition) is 5. The van der Waals surface area contributed by atoms with E-state index in [1.54, 1.807) is 0 Å². The molecule has 4 atom stereocenters. The van der Waals surface area contributed by atoms with Crippen LogP contribution in [0.1, 0.15) is 16.6 Å². The van der Waals surface area contributed by atoms with E-state index >= 15 is 0 Å². The molecule has 1 fully saturated rings. The molecule has 148 valence electrons. The summed E-state index contributed by atoms with van der Waals surface area (Å²) in [5, 5.41) is 28.2. The van der Waals surface area contributed by atoms with Gasteiger partial charge in [0.05, 0.1) is 27.7 Å². The van der Waals surface area contributed by atoms with Crippen LogP contribution in [0.25, 0.3) is 10.9 Å². The first-order valence-electron chi connectivity index (χ1n) is 7.41. The second-order valence-corrected chi connectivity index (χ2v) is 7.05. The fraction of sp³-hybridized carbons (Fsp3) is 0.400. The van der Waals surface area contributed by atoms with E-state index in [2.05, 4.69) is 0 Å². The smallest absolute Gasteiger partial charge is 0.394 e. The van der Waals surface area contributed by atoms with Gasteiger partial charge in [-0.1, -0.05) is 34.8 Å². The summed E-state index contributed by atoms with van der Waals surface area (Å²) in [6.45, 7) is -0.660. The lowest BCUT2D eigenvalue weighted by Crippen LogP contribution is -2.33. The van der Waals surface area contributed by atoms with Crippen molar-refractivity contribution < 1.29 is 38.0 Å². The van der Waals surface area contributed by atoms with Crippen molar-refractivity contribution in [2.24, 2.45) is 0 Å². The summed E-state index contributed by atoms with van der Waals surface area (Å²) in [6, 6.07) is 2.20. The van der Waals surface area contributed by atoms with Crippen molar-refractivity contribution in [1.82, 2.24) is 4.57 Å². The van der Waals surface area contributed by atoms with Gasteiger partial charge in [0.15, 0.2) is 6.23 Å². The van der Waals surface area contributed by atoms with Crippen LogP contribution in [0.4, 0.5) is 13.2 Å². The van der Waals surface area contributed by atoms with Crippen LogP contribution in [0.15, 0.2) is 12.1 Å². The molecule has 3 rings (SSSR count). The molecule has 0 saturated carbocycles. The Kier molecular flexibility index (Phi) is 5.41. The molecule has 2 heterocycles. The molecule has 6 nitrogen and oxygen atoms in total. The highest BCUT2D eigenvalue weighted by Gasteiger charge is 2.47. The number of rotatable bonds is 3. The minimum absolute atomic E-state index is 0.0441. The summed E-state index contributed by atoms with van der Waals surface area (Å²) in [6.07, 6.45) is -11.1. The lowest BCUT2D eigenvalue weighted by molar-refractivity contribution is -0.0884. The number of hydrogen-bond donors (Lipinski definition) is 3. The zero-order chi connectivity index (χ0) is 20.3. The number of benzene rings is 1. The summed E-state index contributed by atoms with van der Waals surface area (Å²) in [5.41, 5.74) is -0.965. The van der Waals surface area contributed by atoms with Crippen molar-refractivity contribution in [3.63, 3.8) is 0 Å². The van der Waals surface area contributed by atoms with Crippen molar-refractivity contribution >= 4 is 51.5 Å². The van der Waals surface area contributed by atoms with Crippen molar-refractivity contribution in [3.8, 4) is 0 Å². The maximum Gasteiger partial charge on any atom is 0.455 e. The van der Waals surface area contributed by atoms with Gasteiger partial charge >= 0.3 is 6.18 Å². The Hall–Kier alpha value is -1.07. The van der Waals surface area contributed by atoms with E-state index in [0.29, 0.717) is 0 Å². The molecule has 1 aliphatic heterocycles. The van der Waals surface area contributed by atoms with Gasteiger partial charge in [0, 0.05) is 5.39 Å². The third-order valence-electron chi connectivity index (χ3n) is 4.24. The number of aliphatic hydroxyl groups excluding tert-OH is 3. The minimum atomic E-state index is -5.23. The Labute approximate surface area is 164 Å². The SMILES string of the molecule is O=C(c1c(Cl)n(C2O[C@H](CO)[C@@H](O)[C@H]2O)c2cc(Cl)c(Cl)cc12)C(F)(F)F. The van der Waals surface area contributed by atoms with Crippen LogP contribution in [0.5, 0.6) is 0 Å². The molecule has 0 amide bonds. The first-order chi connectivity index (χ1) is 12.5. The predicted molar refractivity (Wildman–Crippen MR) is 90.4 cm³/mol. The molecule has 1 unspecified atom stereocenters. The third-order valence-corrected chi connectivity index (χ3v) is 5.33. The van der Waals surface area contributed by atoms with Gasteiger partial charge in [0.25, 0.3) is 5.78 Å². The molecule has 1 saturated heterocycles. The maximum absolute atomic E-state index is 13.0. The number of nitrogens with zero attached hydrogens (tertiary/aromatic N) is 1. The lowest BCUT2D eigenvalue weighted by Gasteiger charge is -2.19. The molecular weight excluding hydrogens is 438 g/mol. The van der Waals surface area contributed by atoms with Gasteiger partial charge in [-0.2, -0.15) is 13.2 Å². The Bertz CT molecular complexity index is 916. The highest BCUT2D eigenvalue weighted by molar-refractivity contribution is 6.43. The number of aromatic nitrogens is 1. The number of halogens is 6. The molecule has 0 spiro atoms. The van der Waals surface area contributed by atoms with Crippen LogP contribution in [0, 0.1) is 0 Å². The van der Waals surface area contributed by atoms with Crippen LogP contribution in [-0.4, -0.2) is 56.8 Å². The Morgan fingerprint density at radius 3 is 2.26 bits per heavy atom. The summed E-state index contributed by atoms with van der Waals surface area (Å²) in [7, 11) is 0. The number of fused-ring (bicyclic) bond motifs is 1. The minimum Gasteiger partial charge on any atom is -0.394 e. The monoisotopic (exact) mass is 447 g/mol. The second-order valence-electron chi connectivity index (χ2n) is 5.88. The van der Waals surface area contributed by atoms with Crippen molar-refractivity contribution in [3.05, 3.63) is 32.9 Å². The van der Waals surface area contributed by atoms with E-state index in [1.807, 2.05) is 0 Å². The number of alkyl halides is 3. The number of ether oxygens (including phenoxy) is 1. The fourth-order valence-electron chi connectivity index (χ4n) is 2.97. The number of aliphatic hydroxyl groups is 3. The summed E-state index contributed by atoms with van der Waals surface area (Å²) in [4.78, 5) is 11.9. The van der Waals surface area contributed by atoms with Crippen LogP contribution >= 0.6 is 34.8 Å². The Balaban J connectivity index is 2.29. The molecule has 1 aromatic carbocycles. The largest absolute Gasteiger partial charge is 0.455 e. The average Bonchev–Trinajstić information content (AvgIpc) is 3.01. The molecule has 0 radical (unpaired) electrons. The Morgan fingerprint density at radius 1 is 1.15 bits per heavy atom. The molecule has 12 heteroatoms. The quantitative estimate of drug-likeness (QED) is 0.628. The fourth-order valence-corrected chi connectivity index (χ4v) is 3.67. The second kappa shape index (κ2) is 7.07. The van der Waals surface area contributed by atoms with Gasteiger partial charge in [0.1, 0.15) is 23.5 Å². The zero-order valence-corrected chi connectivity index (χ0v) is 15.3. The molecule has 0 aliphatic carbocycles. The molecule has 27 heavy (non-hydrogen) atoms. The average molecular weight is 449 g/mol.